The molecule has 2 rings (SSSR count). The lowest BCUT2D eigenvalue weighted by atomic mass is 9.81. The molecule has 80 valence electrons. The fourth-order valence-electron chi connectivity index (χ4n) is 2.23. The summed E-state index contributed by atoms with van der Waals surface area (Å²) in [4.78, 5) is 11.7. The Hall–Kier alpha value is -0.570. The van der Waals surface area contributed by atoms with Crippen molar-refractivity contribution in [2.24, 2.45) is 17.8 Å². The van der Waals surface area contributed by atoms with E-state index in [4.69, 9.17) is 0 Å². The number of rotatable bonds is 3. The van der Waals surface area contributed by atoms with E-state index < -0.39 is 0 Å². The van der Waals surface area contributed by atoms with Gasteiger partial charge in [0.25, 0.3) is 0 Å². The van der Waals surface area contributed by atoms with Crippen molar-refractivity contribution < 1.29 is 4.79 Å². The van der Waals surface area contributed by atoms with Gasteiger partial charge >= 0.3 is 0 Å². The van der Waals surface area contributed by atoms with Crippen molar-refractivity contribution in [3.63, 3.8) is 0 Å². The van der Waals surface area contributed by atoms with Crippen LogP contribution in [0.2, 0.25) is 0 Å². The first-order valence-corrected chi connectivity index (χ1v) is 5.68. The molecule has 2 aliphatic rings. The van der Waals surface area contributed by atoms with Crippen LogP contribution in [0.4, 0.5) is 0 Å². The van der Waals surface area contributed by atoms with E-state index in [1.165, 1.54) is 12.8 Å². The Balaban J connectivity index is 1.71. The summed E-state index contributed by atoms with van der Waals surface area (Å²) >= 11 is 0. The van der Waals surface area contributed by atoms with Crippen molar-refractivity contribution in [2.45, 2.75) is 32.7 Å². The number of amides is 1. The Morgan fingerprint density at radius 2 is 2.07 bits per heavy atom. The van der Waals surface area contributed by atoms with Gasteiger partial charge in [0.1, 0.15) is 0 Å². The van der Waals surface area contributed by atoms with Crippen molar-refractivity contribution >= 4 is 5.91 Å². The van der Waals surface area contributed by atoms with Crippen molar-refractivity contribution in [1.82, 2.24) is 10.6 Å². The Bertz CT molecular complexity index is 219. The van der Waals surface area contributed by atoms with Gasteiger partial charge in [-0.1, -0.05) is 13.8 Å². The average Bonchev–Trinajstić information content (AvgIpc) is 1.98. The lowest BCUT2D eigenvalue weighted by Gasteiger charge is -2.37. The number of carbonyl (C=O) groups excluding carboxylic acids is 1. The molecule has 3 heteroatoms. The molecule has 1 aliphatic carbocycles. The van der Waals surface area contributed by atoms with E-state index in [1.54, 1.807) is 0 Å². The number of nitrogens with one attached hydrogen (secondary N) is 2. The standard InChI is InChI=1S/C11H20N2O/c1-7-3-10(4-7)13-11(14)8(2)9-5-12-6-9/h7-10,12H,3-6H2,1-2H3,(H,13,14). The highest BCUT2D eigenvalue weighted by Gasteiger charge is 2.32. The summed E-state index contributed by atoms with van der Waals surface area (Å²) in [6, 6.07) is 0.466. The summed E-state index contributed by atoms with van der Waals surface area (Å²) in [6.45, 7) is 6.30. The van der Waals surface area contributed by atoms with Crippen LogP contribution in [0.15, 0.2) is 0 Å². The minimum atomic E-state index is 0.187. The van der Waals surface area contributed by atoms with Gasteiger partial charge in [0, 0.05) is 12.0 Å². The Morgan fingerprint density at radius 1 is 1.43 bits per heavy atom. The summed E-state index contributed by atoms with van der Waals surface area (Å²) in [5.74, 6) is 1.81. The van der Waals surface area contributed by atoms with Crippen molar-refractivity contribution in [2.75, 3.05) is 13.1 Å². The van der Waals surface area contributed by atoms with Gasteiger partial charge in [0.05, 0.1) is 0 Å². The van der Waals surface area contributed by atoms with Gasteiger partial charge in [-0.3, -0.25) is 4.79 Å². The Morgan fingerprint density at radius 3 is 2.50 bits per heavy atom. The summed E-state index contributed by atoms with van der Waals surface area (Å²) in [7, 11) is 0. The topological polar surface area (TPSA) is 41.1 Å². The maximum absolute atomic E-state index is 11.7. The minimum absolute atomic E-state index is 0.187. The average molecular weight is 196 g/mol. The molecule has 1 atom stereocenters. The van der Waals surface area contributed by atoms with Crippen LogP contribution in [0.5, 0.6) is 0 Å². The maximum atomic E-state index is 11.7. The highest BCUT2D eigenvalue weighted by atomic mass is 16.1. The van der Waals surface area contributed by atoms with Crippen molar-refractivity contribution in [3.8, 4) is 0 Å². The van der Waals surface area contributed by atoms with Crippen LogP contribution < -0.4 is 10.6 Å². The lowest BCUT2D eigenvalue weighted by molar-refractivity contribution is -0.128. The van der Waals surface area contributed by atoms with Crippen LogP contribution >= 0.6 is 0 Å². The monoisotopic (exact) mass is 196 g/mol. The van der Waals surface area contributed by atoms with E-state index in [2.05, 4.69) is 17.6 Å². The predicted molar refractivity (Wildman–Crippen MR) is 55.9 cm³/mol. The first-order chi connectivity index (χ1) is 6.66. The van der Waals surface area contributed by atoms with E-state index in [0.29, 0.717) is 12.0 Å². The first kappa shape index (κ1) is 9.97. The molecule has 1 aliphatic heterocycles. The SMILES string of the molecule is CC1CC(NC(=O)C(C)C2CNC2)C1. The van der Waals surface area contributed by atoms with E-state index in [1.807, 2.05) is 6.92 Å². The fraction of sp³-hybridized carbons (Fsp3) is 0.909. The summed E-state index contributed by atoms with van der Waals surface area (Å²) in [5, 5.41) is 6.33. The summed E-state index contributed by atoms with van der Waals surface area (Å²) < 4.78 is 0. The second-order valence-corrected chi connectivity index (χ2v) is 4.99. The van der Waals surface area contributed by atoms with Crippen molar-refractivity contribution in [1.29, 1.82) is 0 Å². The van der Waals surface area contributed by atoms with E-state index in [-0.39, 0.29) is 11.8 Å². The Kier molecular flexibility index (Phi) is 2.77. The second-order valence-electron chi connectivity index (χ2n) is 4.99. The smallest absolute Gasteiger partial charge is 0.223 e. The van der Waals surface area contributed by atoms with Gasteiger partial charge in [-0.2, -0.15) is 0 Å². The zero-order chi connectivity index (χ0) is 10.1. The van der Waals surface area contributed by atoms with Gasteiger partial charge in [-0.15, -0.1) is 0 Å². The van der Waals surface area contributed by atoms with Gasteiger partial charge in [-0.25, -0.2) is 0 Å². The highest BCUT2D eigenvalue weighted by Crippen LogP contribution is 2.27. The van der Waals surface area contributed by atoms with Crippen molar-refractivity contribution in [3.05, 3.63) is 0 Å². The second kappa shape index (κ2) is 3.89. The molecule has 2 N–H and O–H groups in total. The molecule has 1 heterocycles. The molecule has 0 radical (unpaired) electrons. The highest BCUT2D eigenvalue weighted by molar-refractivity contribution is 5.79. The lowest BCUT2D eigenvalue weighted by Crippen LogP contribution is -2.52. The molecule has 1 saturated carbocycles. The molecule has 2 fully saturated rings. The molecule has 1 unspecified atom stereocenters. The predicted octanol–water partition coefficient (Wildman–Crippen LogP) is 0.757. The first-order valence-electron chi connectivity index (χ1n) is 5.68. The van der Waals surface area contributed by atoms with E-state index in [9.17, 15) is 4.79 Å². The molecule has 0 aromatic carbocycles. The molecule has 1 saturated heterocycles. The maximum Gasteiger partial charge on any atom is 0.223 e. The van der Waals surface area contributed by atoms with E-state index >= 15 is 0 Å². The van der Waals surface area contributed by atoms with Crippen LogP contribution in [0.25, 0.3) is 0 Å². The fourth-order valence-corrected chi connectivity index (χ4v) is 2.23. The number of carbonyl (C=O) groups is 1. The molecular formula is C11H20N2O. The van der Waals surface area contributed by atoms with Gasteiger partial charge in [-0.05, 0) is 37.8 Å². The molecule has 0 aromatic heterocycles. The molecule has 0 spiro atoms. The van der Waals surface area contributed by atoms with E-state index in [0.717, 1.165) is 19.0 Å². The molecule has 14 heavy (non-hydrogen) atoms. The Labute approximate surface area is 85.6 Å². The third-order valence-electron chi connectivity index (χ3n) is 3.65. The van der Waals surface area contributed by atoms with Crippen LogP contribution in [-0.4, -0.2) is 25.0 Å². The van der Waals surface area contributed by atoms with Crippen LogP contribution in [0.1, 0.15) is 26.7 Å². The van der Waals surface area contributed by atoms with Crippen LogP contribution in [-0.2, 0) is 4.79 Å². The third kappa shape index (κ3) is 1.92. The van der Waals surface area contributed by atoms with Gasteiger partial charge in [0.15, 0.2) is 0 Å². The largest absolute Gasteiger partial charge is 0.353 e. The zero-order valence-electron chi connectivity index (χ0n) is 9.05. The normalized spacial score (nSPS) is 34.1. The number of hydrogen-bond acceptors (Lipinski definition) is 2. The number of hydrogen-bond donors (Lipinski definition) is 2. The molecular weight excluding hydrogens is 176 g/mol. The third-order valence-corrected chi connectivity index (χ3v) is 3.65. The summed E-state index contributed by atoms with van der Waals surface area (Å²) in [5.41, 5.74) is 0. The zero-order valence-corrected chi connectivity index (χ0v) is 9.05. The molecule has 3 nitrogen and oxygen atoms in total. The molecule has 0 bridgehead atoms. The van der Waals surface area contributed by atoms with Crippen LogP contribution in [0.3, 0.4) is 0 Å². The molecule has 1 amide bonds. The quantitative estimate of drug-likeness (QED) is 0.699. The van der Waals surface area contributed by atoms with Crippen LogP contribution in [0, 0.1) is 17.8 Å². The minimum Gasteiger partial charge on any atom is -0.353 e. The van der Waals surface area contributed by atoms with Gasteiger partial charge < -0.3 is 10.6 Å². The van der Waals surface area contributed by atoms with Gasteiger partial charge in [0.2, 0.25) is 5.91 Å². The summed E-state index contributed by atoms with van der Waals surface area (Å²) in [6.07, 6.45) is 2.34. The molecule has 0 aromatic rings.